The second-order valence-electron chi connectivity index (χ2n) is 8.12. The van der Waals surface area contributed by atoms with Crippen LogP contribution < -0.4 is 5.32 Å². The highest BCUT2D eigenvalue weighted by Gasteiger charge is 2.23. The molecule has 0 aliphatic carbocycles. The molecule has 0 unspecified atom stereocenters. The van der Waals surface area contributed by atoms with Gasteiger partial charge in [-0.05, 0) is 42.9 Å². The molecule has 2 rings (SSSR count). The summed E-state index contributed by atoms with van der Waals surface area (Å²) in [7, 11) is 0. The number of nitrogens with zero attached hydrogens (tertiary/aromatic N) is 1. The first-order valence-electron chi connectivity index (χ1n) is 9.49. The summed E-state index contributed by atoms with van der Waals surface area (Å²) in [5.74, 6) is -0.157. The van der Waals surface area contributed by atoms with E-state index in [2.05, 4.69) is 26.1 Å². The number of benzene rings is 1. The van der Waals surface area contributed by atoms with Gasteiger partial charge in [0.2, 0.25) is 5.91 Å². The fourth-order valence-corrected chi connectivity index (χ4v) is 3.21. The Balaban J connectivity index is 1.95. The Kier molecular flexibility index (Phi) is 6.63. The van der Waals surface area contributed by atoms with Crippen LogP contribution >= 0.6 is 0 Å². The van der Waals surface area contributed by atoms with Gasteiger partial charge in [0.05, 0.1) is 0 Å². The summed E-state index contributed by atoms with van der Waals surface area (Å²) >= 11 is 0. The lowest BCUT2D eigenvalue weighted by Gasteiger charge is -2.28. The molecule has 138 valence electrons. The molecule has 1 aromatic rings. The van der Waals surface area contributed by atoms with Crippen LogP contribution in [0, 0.1) is 0 Å². The summed E-state index contributed by atoms with van der Waals surface area (Å²) in [4.78, 5) is 27.0. The molecule has 0 spiro atoms. The molecule has 1 atom stereocenters. The van der Waals surface area contributed by atoms with Gasteiger partial charge in [-0.25, -0.2) is 0 Å². The van der Waals surface area contributed by atoms with Crippen LogP contribution in [-0.2, 0) is 10.2 Å². The zero-order chi connectivity index (χ0) is 18.4. The topological polar surface area (TPSA) is 49.4 Å². The summed E-state index contributed by atoms with van der Waals surface area (Å²) in [6.07, 6.45) is 5.75. The summed E-state index contributed by atoms with van der Waals surface area (Å²) in [5, 5.41) is 2.86. The van der Waals surface area contributed by atoms with Crippen molar-refractivity contribution in [2.45, 2.75) is 71.3 Å². The lowest BCUT2D eigenvalue weighted by Crippen LogP contribution is -2.47. The first kappa shape index (κ1) is 19.5. The predicted octanol–water partition coefficient (Wildman–Crippen LogP) is 3.90. The first-order valence-corrected chi connectivity index (χ1v) is 9.49. The van der Waals surface area contributed by atoms with Crippen molar-refractivity contribution < 1.29 is 9.59 Å². The molecular weight excluding hydrogens is 312 g/mol. The SMILES string of the molecule is C[C@H](NC(=O)c1ccc(C(C)(C)C)cc1)C(=O)N1CCCCCCC1. The van der Waals surface area contributed by atoms with E-state index in [9.17, 15) is 9.59 Å². The van der Waals surface area contributed by atoms with Crippen LogP contribution in [0.5, 0.6) is 0 Å². The molecule has 1 aliphatic rings. The second kappa shape index (κ2) is 8.50. The van der Waals surface area contributed by atoms with Crippen molar-refractivity contribution in [3.63, 3.8) is 0 Å². The van der Waals surface area contributed by atoms with Crippen molar-refractivity contribution in [1.29, 1.82) is 0 Å². The lowest BCUT2D eigenvalue weighted by atomic mass is 9.86. The highest BCUT2D eigenvalue weighted by molar-refractivity contribution is 5.97. The van der Waals surface area contributed by atoms with Gasteiger partial charge in [0.1, 0.15) is 6.04 Å². The molecule has 0 aromatic heterocycles. The number of likely N-dealkylation sites (tertiary alicyclic amines) is 1. The summed E-state index contributed by atoms with van der Waals surface area (Å²) < 4.78 is 0. The van der Waals surface area contributed by atoms with E-state index < -0.39 is 6.04 Å². The van der Waals surface area contributed by atoms with E-state index in [0.717, 1.165) is 25.9 Å². The molecule has 1 fully saturated rings. The van der Waals surface area contributed by atoms with Crippen molar-refractivity contribution in [3.8, 4) is 0 Å². The highest BCUT2D eigenvalue weighted by atomic mass is 16.2. The van der Waals surface area contributed by atoms with Gasteiger partial charge in [-0.2, -0.15) is 0 Å². The van der Waals surface area contributed by atoms with Crippen LogP contribution in [0.15, 0.2) is 24.3 Å². The van der Waals surface area contributed by atoms with Gasteiger partial charge >= 0.3 is 0 Å². The van der Waals surface area contributed by atoms with E-state index >= 15 is 0 Å². The van der Waals surface area contributed by atoms with E-state index in [1.807, 2.05) is 29.2 Å². The Morgan fingerprint density at radius 3 is 2.00 bits per heavy atom. The van der Waals surface area contributed by atoms with Gasteiger partial charge in [-0.15, -0.1) is 0 Å². The van der Waals surface area contributed by atoms with Gasteiger partial charge in [-0.3, -0.25) is 9.59 Å². The summed E-state index contributed by atoms with van der Waals surface area (Å²) in [6, 6.07) is 7.15. The van der Waals surface area contributed by atoms with E-state index in [4.69, 9.17) is 0 Å². The summed E-state index contributed by atoms with van der Waals surface area (Å²) in [5.41, 5.74) is 1.85. The Labute approximate surface area is 152 Å². The minimum absolute atomic E-state index is 0.0292. The number of hydrogen-bond acceptors (Lipinski definition) is 2. The standard InChI is InChI=1S/C21H32N2O2/c1-16(20(25)23-14-8-6-5-7-9-15-23)22-19(24)17-10-12-18(13-11-17)21(2,3)4/h10-13,16H,5-9,14-15H2,1-4H3,(H,22,24)/t16-/m0/s1. The molecule has 1 heterocycles. The Morgan fingerprint density at radius 1 is 0.960 bits per heavy atom. The third-order valence-corrected chi connectivity index (χ3v) is 4.90. The number of nitrogens with one attached hydrogen (secondary N) is 1. The zero-order valence-electron chi connectivity index (χ0n) is 16.1. The Hall–Kier alpha value is -1.84. The van der Waals surface area contributed by atoms with E-state index in [1.165, 1.54) is 24.8 Å². The molecule has 4 nitrogen and oxygen atoms in total. The number of rotatable bonds is 3. The van der Waals surface area contributed by atoms with Crippen LogP contribution in [0.3, 0.4) is 0 Å². The van der Waals surface area contributed by atoms with Gasteiger partial charge in [0, 0.05) is 18.7 Å². The van der Waals surface area contributed by atoms with Crippen LogP contribution in [0.25, 0.3) is 0 Å². The molecule has 1 N–H and O–H groups in total. The molecule has 1 aliphatic heterocycles. The third-order valence-electron chi connectivity index (χ3n) is 4.90. The molecule has 4 heteroatoms. The predicted molar refractivity (Wildman–Crippen MR) is 102 cm³/mol. The molecule has 1 saturated heterocycles. The van der Waals surface area contributed by atoms with Gasteiger partial charge in [-0.1, -0.05) is 52.2 Å². The van der Waals surface area contributed by atoms with Gasteiger partial charge < -0.3 is 10.2 Å². The maximum absolute atomic E-state index is 12.6. The van der Waals surface area contributed by atoms with Gasteiger partial charge in [0.15, 0.2) is 0 Å². The summed E-state index contributed by atoms with van der Waals surface area (Å²) in [6.45, 7) is 9.83. The Morgan fingerprint density at radius 2 is 1.48 bits per heavy atom. The molecule has 1 aromatic carbocycles. The van der Waals surface area contributed by atoms with Crippen LogP contribution in [0.2, 0.25) is 0 Å². The maximum Gasteiger partial charge on any atom is 0.251 e. The third kappa shape index (κ3) is 5.58. The quantitative estimate of drug-likeness (QED) is 0.904. The minimum atomic E-state index is -0.491. The molecule has 0 bridgehead atoms. The molecule has 0 radical (unpaired) electrons. The van der Waals surface area contributed by atoms with Crippen molar-refractivity contribution in [2.24, 2.45) is 0 Å². The van der Waals surface area contributed by atoms with Gasteiger partial charge in [0.25, 0.3) is 5.91 Å². The van der Waals surface area contributed by atoms with Crippen LogP contribution in [0.4, 0.5) is 0 Å². The average molecular weight is 344 g/mol. The Bertz CT molecular complexity index is 579. The monoisotopic (exact) mass is 344 g/mol. The largest absolute Gasteiger partial charge is 0.341 e. The fraction of sp³-hybridized carbons (Fsp3) is 0.619. The second-order valence-corrected chi connectivity index (χ2v) is 8.12. The fourth-order valence-electron chi connectivity index (χ4n) is 3.21. The van der Waals surface area contributed by atoms with E-state index in [1.54, 1.807) is 6.92 Å². The lowest BCUT2D eigenvalue weighted by molar-refractivity contribution is -0.133. The maximum atomic E-state index is 12.6. The molecule has 25 heavy (non-hydrogen) atoms. The highest BCUT2D eigenvalue weighted by Crippen LogP contribution is 2.22. The molecule has 0 saturated carbocycles. The van der Waals surface area contributed by atoms with Crippen molar-refractivity contribution in [3.05, 3.63) is 35.4 Å². The van der Waals surface area contributed by atoms with E-state index in [-0.39, 0.29) is 17.2 Å². The van der Waals surface area contributed by atoms with Crippen molar-refractivity contribution in [2.75, 3.05) is 13.1 Å². The average Bonchev–Trinajstić information content (AvgIpc) is 2.53. The normalized spacial score (nSPS) is 17.4. The van der Waals surface area contributed by atoms with Crippen molar-refractivity contribution in [1.82, 2.24) is 10.2 Å². The molecule has 2 amide bonds. The smallest absolute Gasteiger partial charge is 0.251 e. The number of hydrogen-bond donors (Lipinski definition) is 1. The number of carbonyl (C=O) groups excluding carboxylic acids is 2. The number of carbonyl (C=O) groups is 2. The minimum Gasteiger partial charge on any atom is -0.341 e. The van der Waals surface area contributed by atoms with E-state index in [0.29, 0.717) is 5.56 Å². The number of amides is 2. The van der Waals surface area contributed by atoms with Crippen LogP contribution in [-0.4, -0.2) is 35.8 Å². The zero-order valence-corrected chi connectivity index (χ0v) is 16.1. The molecular formula is C21H32N2O2. The van der Waals surface area contributed by atoms with Crippen molar-refractivity contribution >= 4 is 11.8 Å². The van der Waals surface area contributed by atoms with Crippen LogP contribution in [0.1, 0.15) is 75.7 Å². The first-order chi connectivity index (χ1) is 11.8.